The molecule has 0 amide bonds. The van der Waals surface area contributed by atoms with Gasteiger partial charge in [-0.1, -0.05) is 5.16 Å². The molecule has 5 heteroatoms. The Hall–Kier alpha value is -0.910. The van der Waals surface area contributed by atoms with E-state index in [1.165, 1.54) is 12.8 Å². The third-order valence-corrected chi connectivity index (χ3v) is 4.18. The van der Waals surface area contributed by atoms with Gasteiger partial charge < -0.3 is 14.7 Å². The zero-order valence-corrected chi connectivity index (χ0v) is 11.9. The number of rotatable bonds is 5. The first-order valence-electron chi connectivity index (χ1n) is 7.31. The molecular weight excluding hydrogens is 240 g/mol. The molecule has 0 bridgehead atoms. The number of aromatic nitrogens is 1. The first-order valence-corrected chi connectivity index (χ1v) is 7.31. The maximum atomic E-state index is 5.44. The van der Waals surface area contributed by atoms with Gasteiger partial charge in [-0.2, -0.15) is 0 Å². The first kappa shape index (κ1) is 13.1. The van der Waals surface area contributed by atoms with E-state index < -0.39 is 0 Å². The third kappa shape index (κ3) is 3.55. The Morgan fingerprint density at radius 1 is 1.42 bits per heavy atom. The van der Waals surface area contributed by atoms with Crippen LogP contribution in [-0.4, -0.2) is 53.7 Å². The highest BCUT2D eigenvalue weighted by molar-refractivity contribution is 5.06. The van der Waals surface area contributed by atoms with E-state index >= 15 is 0 Å². The largest absolute Gasteiger partial charge is 0.360 e. The minimum Gasteiger partial charge on any atom is -0.360 e. The Bertz CT molecular complexity index is 415. The van der Waals surface area contributed by atoms with Crippen molar-refractivity contribution in [2.24, 2.45) is 0 Å². The summed E-state index contributed by atoms with van der Waals surface area (Å²) >= 11 is 0. The molecular formula is C14H24N4O. The average Bonchev–Trinajstić information content (AvgIpc) is 3.12. The fourth-order valence-electron chi connectivity index (χ4n) is 2.54. The molecule has 1 N–H and O–H groups in total. The molecule has 1 aromatic heterocycles. The van der Waals surface area contributed by atoms with Gasteiger partial charge in [-0.15, -0.1) is 0 Å². The van der Waals surface area contributed by atoms with E-state index in [1.54, 1.807) is 0 Å². The van der Waals surface area contributed by atoms with Gasteiger partial charge in [-0.05, 0) is 26.8 Å². The quantitative estimate of drug-likeness (QED) is 0.861. The summed E-state index contributed by atoms with van der Waals surface area (Å²) in [7, 11) is 2.19. The molecule has 0 aromatic carbocycles. The van der Waals surface area contributed by atoms with Gasteiger partial charge in [-0.3, -0.25) is 4.90 Å². The van der Waals surface area contributed by atoms with Crippen molar-refractivity contribution in [3.8, 4) is 0 Å². The van der Waals surface area contributed by atoms with E-state index in [2.05, 4.69) is 40.3 Å². The molecule has 2 fully saturated rings. The molecule has 2 heterocycles. The molecule has 1 saturated carbocycles. The first-order chi connectivity index (χ1) is 9.20. The number of nitrogens with one attached hydrogen (secondary N) is 1. The van der Waals surface area contributed by atoms with Crippen LogP contribution in [0.25, 0.3) is 0 Å². The molecule has 0 radical (unpaired) electrons. The van der Waals surface area contributed by atoms with Gasteiger partial charge in [0.25, 0.3) is 0 Å². The molecule has 3 rings (SSSR count). The lowest BCUT2D eigenvalue weighted by molar-refractivity contribution is 0.0927. The highest BCUT2D eigenvalue weighted by atomic mass is 16.5. The highest BCUT2D eigenvalue weighted by Gasteiger charge is 2.22. The number of piperazine rings is 1. The molecule has 0 spiro atoms. The molecule has 19 heavy (non-hydrogen) atoms. The van der Waals surface area contributed by atoms with Gasteiger partial charge in [0.05, 0.1) is 12.2 Å². The lowest BCUT2D eigenvalue weighted by atomic mass is 10.2. The predicted octanol–water partition coefficient (Wildman–Crippen LogP) is 1.06. The van der Waals surface area contributed by atoms with Crippen molar-refractivity contribution < 1.29 is 4.52 Å². The van der Waals surface area contributed by atoms with Gasteiger partial charge >= 0.3 is 0 Å². The van der Waals surface area contributed by atoms with Crippen molar-refractivity contribution in [3.63, 3.8) is 0 Å². The van der Waals surface area contributed by atoms with E-state index in [-0.39, 0.29) is 0 Å². The van der Waals surface area contributed by atoms with Crippen molar-refractivity contribution in [2.45, 2.75) is 44.9 Å². The Morgan fingerprint density at radius 3 is 3.00 bits per heavy atom. The number of likely N-dealkylation sites (N-methyl/N-ethyl adjacent to an activating group) is 1. The van der Waals surface area contributed by atoms with Crippen LogP contribution in [0.15, 0.2) is 10.6 Å². The van der Waals surface area contributed by atoms with Crippen molar-refractivity contribution in [2.75, 3.05) is 26.7 Å². The van der Waals surface area contributed by atoms with Crippen LogP contribution in [0.5, 0.6) is 0 Å². The van der Waals surface area contributed by atoms with E-state index in [4.69, 9.17) is 4.52 Å². The Morgan fingerprint density at radius 2 is 2.26 bits per heavy atom. The fourth-order valence-corrected chi connectivity index (χ4v) is 2.54. The number of nitrogens with zero attached hydrogens (tertiary/aromatic N) is 3. The van der Waals surface area contributed by atoms with Crippen LogP contribution in [0.3, 0.4) is 0 Å². The number of hydrogen-bond acceptors (Lipinski definition) is 5. The second-order valence-electron chi connectivity index (χ2n) is 6.00. The zero-order chi connectivity index (χ0) is 13.2. The molecule has 106 valence electrons. The molecule has 1 aliphatic heterocycles. The Labute approximate surface area is 114 Å². The van der Waals surface area contributed by atoms with Crippen LogP contribution in [0, 0.1) is 0 Å². The van der Waals surface area contributed by atoms with E-state index in [9.17, 15) is 0 Å². The number of hydrogen-bond donors (Lipinski definition) is 1. The van der Waals surface area contributed by atoms with Gasteiger partial charge in [-0.25, -0.2) is 0 Å². The lowest BCUT2D eigenvalue weighted by Crippen LogP contribution is -2.49. The smallest absolute Gasteiger partial charge is 0.151 e. The van der Waals surface area contributed by atoms with E-state index in [1.807, 2.05) is 0 Å². The summed E-state index contributed by atoms with van der Waals surface area (Å²) in [5, 5.41) is 7.60. The summed E-state index contributed by atoms with van der Waals surface area (Å²) in [5.41, 5.74) is 1.03. The second kappa shape index (κ2) is 5.61. The SMILES string of the molecule is CC1CN(Cc2cc(CNC3CC3)no2)CCN1C. The van der Waals surface area contributed by atoms with E-state index in [0.717, 1.165) is 50.2 Å². The third-order valence-electron chi connectivity index (χ3n) is 4.18. The topological polar surface area (TPSA) is 44.5 Å². The summed E-state index contributed by atoms with van der Waals surface area (Å²) in [6.07, 6.45) is 2.62. The predicted molar refractivity (Wildman–Crippen MR) is 73.7 cm³/mol. The van der Waals surface area contributed by atoms with Crippen LogP contribution >= 0.6 is 0 Å². The van der Waals surface area contributed by atoms with Gasteiger partial charge in [0.2, 0.25) is 0 Å². The normalized spacial score (nSPS) is 25.9. The Kier molecular flexibility index (Phi) is 3.86. The molecule has 5 nitrogen and oxygen atoms in total. The summed E-state index contributed by atoms with van der Waals surface area (Å²) in [6, 6.07) is 3.43. The zero-order valence-electron chi connectivity index (χ0n) is 11.9. The van der Waals surface area contributed by atoms with Crippen molar-refractivity contribution in [1.82, 2.24) is 20.3 Å². The molecule has 1 saturated heterocycles. The lowest BCUT2D eigenvalue weighted by Gasteiger charge is -2.37. The summed E-state index contributed by atoms with van der Waals surface area (Å²) in [4.78, 5) is 4.85. The summed E-state index contributed by atoms with van der Waals surface area (Å²) in [6.45, 7) is 7.34. The highest BCUT2D eigenvalue weighted by Crippen LogP contribution is 2.19. The van der Waals surface area contributed by atoms with Crippen molar-refractivity contribution >= 4 is 0 Å². The van der Waals surface area contributed by atoms with Crippen LogP contribution in [0.4, 0.5) is 0 Å². The maximum Gasteiger partial charge on any atom is 0.151 e. The summed E-state index contributed by atoms with van der Waals surface area (Å²) in [5.74, 6) is 0.990. The van der Waals surface area contributed by atoms with Gasteiger partial charge in [0.1, 0.15) is 0 Å². The minimum absolute atomic E-state index is 0.618. The van der Waals surface area contributed by atoms with Crippen LogP contribution in [-0.2, 0) is 13.1 Å². The monoisotopic (exact) mass is 264 g/mol. The second-order valence-corrected chi connectivity index (χ2v) is 6.00. The van der Waals surface area contributed by atoms with Crippen molar-refractivity contribution in [1.29, 1.82) is 0 Å². The van der Waals surface area contributed by atoms with Crippen LogP contribution in [0.2, 0.25) is 0 Å². The molecule has 1 unspecified atom stereocenters. The van der Waals surface area contributed by atoms with Gasteiger partial charge in [0, 0.05) is 44.3 Å². The van der Waals surface area contributed by atoms with E-state index in [0.29, 0.717) is 6.04 Å². The summed E-state index contributed by atoms with van der Waals surface area (Å²) < 4.78 is 5.44. The molecule has 1 atom stereocenters. The molecule has 2 aliphatic rings. The minimum atomic E-state index is 0.618. The molecule has 1 aliphatic carbocycles. The van der Waals surface area contributed by atoms with Crippen LogP contribution in [0.1, 0.15) is 31.2 Å². The Balaban J connectivity index is 1.48. The van der Waals surface area contributed by atoms with Crippen LogP contribution < -0.4 is 5.32 Å². The standard InChI is InChI=1S/C14H24N4O/c1-11-9-18(6-5-17(11)2)10-14-7-13(16-19-14)8-15-12-3-4-12/h7,11-12,15H,3-6,8-10H2,1-2H3. The maximum absolute atomic E-state index is 5.44. The molecule has 1 aromatic rings. The fraction of sp³-hybridized carbons (Fsp3) is 0.786. The average molecular weight is 264 g/mol. The van der Waals surface area contributed by atoms with Gasteiger partial charge in [0.15, 0.2) is 5.76 Å². The van der Waals surface area contributed by atoms with Crippen molar-refractivity contribution in [3.05, 3.63) is 17.5 Å².